The lowest BCUT2D eigenvalue weighted by Gasteiger charge is -2.56. The second kappa shape index (κ2) is 11.8. The highest BCUT2D eigenvalue weighted by Crippen LogP contribution is 2.37. The lowest BCUT2D eigenvalue weighted by Crippen LogP contribution is -2.71. The van der Waals surface area contributed by atoms with Crippen molar-refractivity contribution in [2.75, 3.05) is 51.8 Å². The summed E-state index contributed by atoms with van der Waals surface area (Å²) in [4.78, 5) is 23.9. The first-order chi connectivity index (χ1) is 20.7. The Kier molecular flexibility index (Phi) is 7.93. The maximum atomic E-state index is 12.8. The molecule has 0 radical (unpaired) electrons. The van der Waals surface area contributed by atoms with Gasteiger partial charge in [0.25, 0.3) is 0 Å². The number of methoxy groups -OCH3 is 1. The average molecular weight is 592 g/mol. The van der Waals surface area contributed by atoms with E-state index in [1.807, 2.05) is 24.3 Å². The average Bonchev–Trinajstić information content (AvgIpc) is 2.94. The molecule has 8 nitrogen and oxygen atoms in total. The second-order valence-corrected chi connectivity index (χ2v) is 11.3. The van der Waals surface area contributed by atoms with Crippen molar-refractivity contribution in [2.45, 2.75) is 19.0 Å². The van der Waals surface area contributed by atoms with Gasteiger partial charge < -0.3 is 25.0 Å². The van der Waals surface area contributed by atoms with Crippen LogP contribution in [0.1, 0.15) is 17.5 Å². The number of nitrogens with zero attached hydrogens (tertiary/aromatic N) is 3. The summed E-state index contributed by atoms with van der Waals surface area (Å²) in [6, 6.07) is 15.5. The van der Waals surface area contributed by atoms with E-state index in [-0.39, 0.29) is 12.3 Å². The zero-order valence-corrected chi connectivity index (χ0v) is 23.7. The zero-order valence-electron chi connectivity index (χ0n) is 23.7. The molecule has 0 bridgehead atoms. The molecule has 3 aromatic carbocycles. The van der Waals surface area contributed by atoms with E-state index in [4.69, 9.17) is 9.47 Å². The van der Waals surface area contributed by atoms with Gasteiger partial charge in [-0.05, 0) is 42.3 Å². The standard InChI is InChI=1S/C32H32F3N5O3/c1-42-27-14-25-26(15-28(27)43-12-2-11-40-18-31(19-40)16-36-17-31)37-20-38-30(25)22-5-9-24(10-6-22)39-29(41)13-21-3-7-23(8-4-21)32(33,34)35/h3-10,14-15,20,36H,2,11-13,16-19H2,1H3,(H,39,41). The summed E-state index contributed by atoms with van der Waals surface area (Å²) in [7, 11) is 1.60. The van der Waals surface area contributed by atoms with E-state index in [1.54, 1.807) is 19.2 Å². The highest BCUT2D eigenvalue weighted by Gasteiger charge is 2.46. The quantitative estimate of drug-likeness (QED) is 0.246. The number of ether oxygens (including phenoxy) is 2. The summed E-state index contributed by atoms with van der Waals surface area (Å²) in [5.74, 6) is 0.898. The smallest absolute Gasteiger partial charge is 0.416 e. The Morgan fingerprint density at radius 1 is 1.02 bits per heavy atom. The van der Waals surface area contributed by atoms with Crippen molar-refractivity contribution in [3.8, 4) is 22.8 Å². The van der Waals surface area contributed by atoms with Gasteiger partial charge in [0.05, 0.1) is 36.9 Å². The van der Waals surface area contributed by atoms with Crippen LogP contribution in [0.5, 0.6) is 11.5 Å². The van der Waals surface area contributed by atoms with Crippen LogP contribution in [0.4, 0.5) is 18.9 Å². The molecule has 1 amide bonds. The molecule has 1 spiro atoms. The number of hydrogen-bond acceptors (Lipinski definition) is 7. The Morgan fingerprint density at radius 3 is 2.42 bits per heavy atom. The number of halogens is 3. The van der Waals surface area contributed by atoms with Crippen molar-refractivity contribution >= 4 is 22.5 Å². The van der Waals surface area contributed by atoms with Gasteiger partial charge in [0.15, 0.2) is 11.5 Å². The molecule has 0 aliphatic carbocycles. The van der Waals surface area contributed by atoms with E-state index < -0.39 is 11.7 Å². The Balaban J connectivity index is 1.08. The Hall–Kier alpha value is -4.22. The van der Waals surface area contributed by atoms with E-state index >= 15 is 0 Å². The van der Waals surface area contributed by atoms with Gasteiger partial charge in [-0.3, -0.25) is 4.79 Å². The largest absolute Gasteiger partial charge is 0.493 e. The molecule has 1 aromatic heterocycles. The second-order valence-electron chi connectivity index (χ2n) is 11.3. The Labute approximate surface area is 247 Å². The van der Waals surface area contributed by atoms with Crippen LogP contribution in [0.15, 0.2) is 67.0 Å². The fraction of sp³-hybridized carbons (Fsp3) is 0.344. The minimum atomic E-state index is -4.41. The summed E-state index contributed by atoms with van der Waals surface area (Å²) in [6.07, 6.45) is -2.03. The maximum absolute atomic E-state index is 12.8. The SMILES string of the molecule is COc1cc2c(-c3ccc(NC(=O)Cc4ccc(C(F)(F)F)cc4)cc3)ncnc2cc1OCCCN1CC2(CNC2)C1. The van der Waals surface area contributed by atoms with Crippen molar-refractivity contribution in [3.63, 3.8) is 0 Å². The first-order valence-corrected chi connectivity index (χ1v) is 14.2. The molecule has 0 atom stereocenters. The van der Waals surface area contributed by atoms with E-state index in [2.05, 4.69) is 25.5 Å². The molecule has 11 heteroatoms. The third-order valence-electron chi connectivity index (χ3n) is 8.00. The van der Waals surface area contributed by atoms with Crippen LogP contribution in [-0.2, 0) is 17.4 Å². The molecular formula is C32H32F3N5O3. The summed E-state index contributed by atoms with van der Waals surface area (Å²) in [5, 5.41) is 6.95. The van der Waals surface area contributed by atoms with Gasteiger partial charge in [0, 0.05) is 60.8 Å². The van der Waals surface area contributed by atoms with Crippen LogP contribution < -0.4 is 20.1 Å². The van der Waals surface area contributed by atoms with Crippen LogP contribution in [0, 0.1) is 5.41 Å². The predicted molar refractivity (Wildman–Crippen MR) is 157 cm³/mol. The Bertz CT molecular complexity index is 1600. The fourth-order valence-corrected chi connectivity index (χ4v) is 5.71. The van der Waals surface area contributed by atoms with E-state index in [0.29, 0.717) is 40.5 Å². The van der Waals surface area contributed by atoms with Gasteiger partial charge in [-0.15, -0.1) is 0 Å². The number of benzene rings is 3. The number of alkyl halides is 3. The van der Waals surface area contributed by atoms with Gasteiger partial charge in [-0.25, -0.2) is 9.97 Å². The molecule has 4 aromatic rings. The highest BCUT2D eigenvalue weighted by molar-refractivity contribution is 5.95. The lowest BCUT2D eigenvalue weighted by molar-refractivity contribution is -0.137. The Morgan fingerprint density at radius 2 is 1.77 bits per heavy atom. The summed E-state index contributed by atoms with van der Waals surface area (Å²) in [6.45, 7) is 6.17. The third-order valence-corrected chi connectivity index (χ3v) is 8.00. The minimum Gasteiger partial charge on any atom is -0.493 e. The molecule has 3 heterocycles. The van der Waals surface area contributed by atoms with E-state index in [9.17, 15) is 18.0 Å². The van der Waals surface area contributed by atoms with E-state index in [0.717, 1.165) is 67.7 Å². The number of aromatic nitrogens is 2. The highest BCUT2D eigenvalue weighted by atomic mass is 19.4. The number of nitrogens with one attached hydrogen (secondary N) is 2. The monoisotopic (exact) mass is 591 g/mol. The fourth-order valence-electron chi connectivity index (χ4n) is 5.71. The predicted octanol–water partition coefficient (Wildman–Crippen LogP) is 5.18. The summed E-state index contributed by atoms with van der Waals surface area (Å²) in [5.41, 5.74) is 3.06. The topological polar surface area (TPSA) is 88.6 Å². The van der Waals surface area contributed by atoms with Gasteiger partial charge >= 0.3 is 6.18 Å². The van der Waals surface area contributed by atoms with Gasteiger partial charge in [-0.1, -0.05) is 24.3 Å². The van der Waals surface area contributed by atoms with Gasteiger partial charge in [0.1, 0.15) is 6.33 Å². The number of hydrogen-bond donors (Lipinski definition) is 2. The third kappa shape index (κ3) is 6.42. The number of fused-ring (bicyclic) bond motifs is 1. The van der Waals surface area contributed by atoms with Gasteiger partial charge in [-0.2, -0.15) is 13.2 Å². The zero-order chi connectivity index (χ0) is 30.0. The van der Waals surface area contributed by atoms with Crippen LogP contribution in [0.2, 0.25) is 0 Å². The number of carbonyl (C=O) groups excluding carboxylic acids is 1. The van der Waals surface area contributed by atoms with Crippen LogP contribution in [0.3, 0.4) is 0 Å². The number of amides is 1. The molecule has 2 saturated heterocycles. The summed E-state index contributed by atoms with van der Waals surface area (Å²) >= 11 is 0. The number of rotatable bonds is 10. The maximum Gasteiger partial charge on any atom is 0.416 e. The van der Waals surface area contributed by atoms with Crippen LogP contribution in [0.25, 0.3) is 22.2 Å². The van der Waals surface area contributed by atoms with Crippen molar-refractivity contribution in [1.82, 2.24) is 20.2 Å². The molecule has 224 valence electrons. The first kappa shape index (κ1) is 28.9. The molecule has 2 N–H and O–H groups in total. The van der Waals surface area contributed by atoms with Crippen LogP contribution in [-0.4, -0.2) is 67.2 Å². The van der Waals surface area contributed by atoms with Crippen molar-refractivity contribution in [3.05, 3.63) is 78.1 Å². The minimum absolute atomic E-state index is 0.0443. The van der Waals surface area contributed by atoms with E-state index in [1.165, 1.54) is 18.5 Å². The summed E-state index contributed by atoms with van der Waals surface area (Å²) < 4.78 is 50.1. The number of likely N-dealkylation sites (tertiary alicyclic amines) is 1. The molecule has 2 aliphatic rings. The van der Waals surface area contributed by atoms with Crippen molar-refractivity contribution in [2.24, 2.45) is 5.41 Å². The normalized spacial score (nSPS) is 16.0. The first-order valence-electron chi connectivity index (χ1n) is 14.2. The number of carbonyl (C=O) groups is 1. The molecule has 2 fully saturated rings. The molecule has 0 saturated carbocycles. The molecule has 43 heavy (non-hydrogen) atoms. The van der Waals surface area contributed by atoms with Crippen LogP contribution >= 0.6 is 0 Å². The van der Waals surface area contributed by atoms with Crippen molar-refractivity contribution in [1.29, 1.82) is 0 Å². The van der Waals surface area contributed by atoms with Crippen molar-refractivity contribution < 1.29 is 27.4 Å². The molecule has 0 unspecified atom stereocenters. The molecule has 6 rings (SSSR count). The molecule has 2 aliphatic heterocycles. The van der Waals surface area contributed by atoms with Gasteiger partial charge in [0.2, 0.25) is 5.91 Å². The lowest BCUT2D eigenvalue weighted by atomic mass is 9.74. The molecular weight excluding hydrogens is 559 g/mol. The number of anilines is 1.